The van der Waals surface area contributed by atoms with E-state index in [9.17, 15) is 9.59 Å². The number of ether oxygens (including phenoxy) is 1. The Morgan fingerprint density at radius 1 is 1.18 bits per heavy atom. The number of carbonyl (C=O) groups excluding carboxylic acids is 1. The van der Waals surface area contributed by atoms with Crippen molar-refractivity contribution >= 4 is 11.9 Å². The number of hydrogen-bond acceptors (Lipinski definition) is 3. The maximum atomic E-state index is 11.7. The molecule has 126 valence electrons. The molecule has 0 aliphatic carbocycles. The van der Waals surface area contributed by atoms with Gasteiger partial charge in [0.15, 0.2) is 6.10 Å². The van der Waals surface area contributed by atoms with E-state index in [4.69, 9.17) is 9.84 Å². The Balaban J connectivity index is 4.29. The molecule has 0 aromatic rings. The van der Waals surface area contributed by atoms with E-state index in [1.165, 1.54) is 18.9 Å². The van der Waals surface area contributed by atoms with Gasteiger partial charge in [-0.15, -0.1) is 0 Å². The van der Waals surface area contributed by atoms with Crippen molar-refractivity contribution in [3.8, 4) is 0 Å². The minimum absolute atomic E-state index is 0.179. The number of unbranched alkanes of at least 4 members (excludes halogenated alkanes) is 3. The molecule has 1 N–H and O–H groups in total. The topological polar surface area (TPSA) is 63.6 Å². The normalized spacial score (nSPS) is 13.6. The maximum Gasteiger partial charge on any atom is 0.331 e. The summed E-state index contributed by atoms with van der Waals surface area (Å²) in [5.74, 6) is -1.47. The first kappa shape index (κ1) is 20.4. The minimum Gasteiger partial charge on any atom is -0.481 e. The lowest BCUT2D eigenvalue weighted by atomic mass is 10.2. The SMILES string of the molecule is CCCCC/C=C\C=C\C(=O)OC(CC(=O)O)C[N+](C)(C)C. The Bertz CT molecular complexity index is 394. The summed E-state index contributed by atoms with van der Waals surface area (Å²) < 4.78 is 5.76. The highest BCUT2D eigenvalue weighted by atomic mass is 16.5. The first-order chi connectivity index (χ1) is 10.2. The smallest absolute Gasteiger partial charge is 0.331 e. The number of carboxylic acids is 1. The van der Waals surface area contributed by atoms with Crippen LogP contribution >= 0.6 is 0 Å². The molecule has 0 saturated carbocycles. The Morgan fingerprint density at radius 2 is 1.86 bits per heavy atom. The van der Waals surface area contributed by atoms with Gasteiger partial charge in [0.05, 0.1) is 27.6 Å². The summed E-state index contributed by atoms with van der Waals surface area (Å²) in [6.07, 6.45) is 10.5. The summed E-state index contributed by atoms with van der Waals surface area (Å²) >= 11 is 0. The first-order valence-electron chi connectivity index (χ1n) is 7.80. The molecular weight excluding hydrogens is 282 g/mol. The third-order valence-electron chi connectivity index (χ3n) is 2.89. The predicted molar refractivity (Wildman–Crippen MR) is 87.5 cm³/mol. The molecule has 0 radical (unpaired) electrons. The first-order valence-corrected chi connectivity index (χ1v) is 7.80. The fraction of sp³-hybridized carbons (Fsp3) is 0.647. The van der Waals surface area contributed by atoms with Crippen LogP contribution < -0.4 is 0 Å². The van der Waals surface area contributed by atoms with E-state index in [1.54, 1.807) is 6.08 Å². The van der Waals surface area contributed by atoms with Crippen molar-refractivity contribution in [2.75, 3.05) is 27.7 Å². The third-order valence-corrected chi connectivity index (χ3v) is 2.89. The van der Waals surface area contributed by atoms with E-state index in [0.717, 1.165) is 12.8 Å². The highest BCUT2D eigenvalue weighted by Crippen LogP contribution is 2.06. The molecule has 1 unspecified atom stereocenters. The number of aliphatic carboxylic acids is 1. The van der Waals surface area contributed by atoms with Gasteiger partial charge in [-0.05, 0) is 12.8 Å². The van der Waals surface area contributed by atoms with Crippen molar-refractivity contribution in [3.05, 3.63) is 24.3 Å². The van der Waals surface area contributed by atoms with Crippen LogP contribution in [-0.4, -0.2) is 55.3 Å². The zero-order valence-corrected chi connectivity index (χ0v) is 14.2. The van der Waals surface area contributed by atoms with Crippen molar-refractivity contribution in [1.29, 1.82) is 0 Å². The summed E-state index contributed by atoms with van der Waals surface area (Å²) in [4.78, 5) is 22.5. The van der Waals surface area contributed by atoms with Gasteiger partial charge in [0.1, 0.15) is 6.54 Å². The van der Waals surface area contributed by atoms with E-state index < -0.39 is 18.0 Å². The number of esters is 1. The van der Waals surface area contributed by atoms with Gasteiger partial charge >= 0.3 is 11.9 Å². The maximum absolute atomic E-state index is 11.7. The van der Waals surface area contributed by atoms with Gasteiger partial charge in [-0.3, -0.25) is 4.79 Å². The van der Waals surface area contributed by atoms with Crippen LogP contribution in [0.4, 0.5) is 0 Å². The van der Waals surface area contributed by atoms with Crippen LogP contribution in [0.3, 0.4) is 0 Å². The molecule has 5 nitrogen and oxygen atoms in total. The molecule has 22 heavy (non-hydrogen) atoms. The molecule has 0 aliphatic rings. The molecule has 0 bridgehead atoms. The number of allylic oxidation sites excluding steroid dienone is 3. The quantitative estimate of drug-likeness (QED) is 0.209. The molecular formula is C17H30NO4+. The van der Waals surface area contributed by atoms with Crippen molar-refractivity contribution < 1.29 is 23.9 Å². The number of carbonyl (C=O) groups is 2. The predicted octanol–water partition coefficient (Wildman–Crippen LogP) is 2.77. The molecule has 0 aromatic carbocycles. The zero-order valence-electron chi connectivity index (χ0n) is 14.2. The van der Waals surface area contributed by atoms with Crippen LogP contribution in [0.25, 0.3) is 0 Å². The molecule has 0 heterocycles. The number of quaternary nitrogens is 1. The average Bonchev–Trinajstić information content (AvgIpc) is 2.34. The Hall–Kier alpha value is -1.62. The molecule has 0 aromatic heterocycles. The monoisotopic (exact) mass is 312 g/mol. The van der Waals surface area contributed by atoms with Gasteiger partial charge in [-0.1, -0.05) is 38.0 Å². The van der Waals surface area contributed by atoms with Gasteiger partial charge in [0.2, 0.25) is 0 Å². The fourth-order valence-corrected chi connectivity index (χ4v) is 1.97. The van der Waals surface area contributed by atoms with E-state index in [1.807, 2.05) is 33.3 Å². The Morgan fingerprint density at radius 3 is 2.41 bits per heavy atom. The number of hydrogen-bond donors (Lipinski definition) is 1. The van der Waals surface area contributed by atoms with Crippen LogP contribution in [-0.2, 0) is 14.3 Å². The van der Waals surface area contributed by atoms with Crippen LogP contribution in [0.2, 0.25) is 0 Å². The lowest BCUT2D eigenvalue weighted by Gasteiger charge is -2.28. The van der Waals surface area contributed by atoms with Crippen molar-refractivity contribution in [2.45, 2.75) is 45.1 Å². The average molecular weight is 312 g/mol. The Labute approximate surface area is 133 Å². The number of carboxylic acid groups (broad SMARTS) is 1. The lowest BCUT2D eigenvalue weighted by molar-refractivity contribution is -0.873. The largest absolute Gasteiger partial charge is 0.481 e. The summed E-state index contributed by atoms with van der Waals surface area (Å²) in [5, 5.41) is 8.88. The van der Waals surface area contributed by atoms with E-state index in [0.29, 0.717) is 11.0 Å². The molecule has 0 aliphatic heterocycles. The van der Waals surface area contributed by atoms with E-state index in [2.05, 4.69) is 6.92 Å². The summed E-state index contributed by atoms with van der Waals surface area (Å²) in [7, 11) is 5.78. The molecule has 1 atom stereocenters. The van der Waals surface area contributed by atoms with E-state index in [-0.39, 0.29) is 6.42 Å². The van der Waals surface area contributed by atoms with Crippen molar-refractivity contribution in [3.63, 3.8) is 0 Å². The number of likely N-dealkylation sites (N-methyl/N-ethyl adjacent to an activating group) is 1. The second-order valence-corrected chi connectivity index (χ2v) is 6.41. The van der Waals surface area contributed by atoms with Crippen molar-refractivity contribution in [2.24, 2.45) is 0 Å². The van der Waals surface area contributed by atoms with Gasteiger partial charge < -0.3 is 14.3 Å². The molecule has 0 fully saturated rings. The molecule has 0 saturated heterocycles. The summed E-state index contributed by atoms with van der Waals surface area (Å²) in [6.45, 7) is 2.61. The number of nitrogens with zero attached hydrogens (tertiary/aromatic N) is 1. The molecule has 5 heteroatoms. The van der Waals surface area contributed by atoms with Crippen LogP contribution in [0.5, 0.6) is 0 Å². The second-order valence-electron chi connectivity index (χ2n) is 6.41. The summed E-state index contributed by atoms with van der Waals surface area (Å²) in [5.41, 5.74) is 0. The minimum atomic E-state index is -0.967. The van der Waals surface area contributed by atoms with Crippen LogP contribution in [0.15, 0.2) is 24.3 Å². The Kier molecular flexibility index (Phi) is 10.2. The number of rotatable bonds is 11. The zero-order chi connectivity index (χ0) is 17.0. The van der Waals surface area contributed by atoms with Crippen LogP contribution in [0.1, 0.15) is 39.0 Å². The second kappa shape index (κ2) is 11.0. The van der Waals surface area contributed by atoms with Gasteiger partial charge in [0.25, 0.3) is 0 Å². The molecule has 0 spiro atoms. The third kappa shape index (κ3) is 13.4. The van der Waals surface area contributed by atoms with Gasteiger partial charge in [-0.25, -0.2) is 4.79 Å². The van der Waals surface area contributed by atoms with Crippen molar-refractivity contribution in [1.82, 2.24) is 0 Å². The van der Waals surface area contributed by atoms with Gasteiger partial charge in [0, 0.05) is 6.08 Å². The van der Waals surface area contributed by atoms with Gasteiger partial charge in [-0.2, -0.15) is 0 Å². The highest BCUT2D eigenvalue weighted by Gasteiger charge is 2.23. The lowest BCUT2D eigenvalue weighted by Crippen LogP contribution is -2.43. The molecule has 0 amide bonds. The fourth-order valence-electron chi connectivity index (χ4n) is 1.97. The van der Waals surface area contributed by atoms with E-state index >= 15 is 0 Å². The molecule has 0 rings (SSSR count). The highest BCUT2D eigenvalue weighted by molar-refractivity contribution is 5.82. The van der Waals surface area contributed by atoms with Crippen LogP contribution in [0, 0.1) is 0 Å². The standard InChI is InChI=1S/C17H29NO4/c1-5-6-7-8-9-10-11-12-17(21)22-15(13-16(19)20)14-18(2,3)4/h9-12,15H,5-8,13-14H2,1-4H3/p+1/b10-9-,12-11+. The summed E-state index contributed by atoms with van der Waals surface area (Å²) in [6, 6.07) is 0.